The molecule has 1 aromatic heterocycles. The maximum atomic E-state index is 13.3. The van der Waals surface area contributed by atoms with Crippen LogP contribution in [-0.4, -0.2) is 27.3 Å². The van der Waals surface area contributed by atoms with Crippen molar-refractivity contribution in [2.45, 2.75) is 49.8 Å². The number of carbonyl (C=O) groups excluding carboxylic acids is 1. The number of hydrogen-bond donors (Lipinski definition) is 0. The second-order valence-corrected chi connectivity index (χ2v) is 8.40. The average Bonchev–Trinajstić information content (AvgIpc) is 3.12. The first-order chi connectivity index (χ1) is 14.3. The second kappa shape index (κ2) is 9.31. The summed E-state index contributed by atoms with van der Waals surface area (Å²) < 4.78 is 2.13. The van der Waals surface area contributed by atoms with Gasteiger partial charge in [-0.05, 0) is 37.1 Å². The Morgan fingerprint density at radius 2 is 1.83 bits per heavy atom. The van der Waals surface area contributed by atoms with Crippen LogP contribution in [0.5, 0.6) is 0 Å². The fraction of sp³-hybridized carbons (Fsp3) is 0.333. The first kappa shape index (κ1) is 19.8. The number of thioether (sulfide) groups is 1. The van der Waals surface area contributed by atoms with E-state index in [1.165, 1.54) is 31.0 Å². The molecule has 5 heteroatoms. The predicted octanol–water partition coefficient (Wildman–Crippen LogP) is 5.68. The zero-order chi connectivity index (χ0) is 20.1. The lowest BCUT2D eigenvalue weighted by Gasteiger charge is -2.34. The molecule has 0 bridgehead atoms. The fourth-order valence-electron chi connectivity index (χ4n) is 4.15. The SMILES string of the molecule is C=CCn1c(SCC(=O)N(c2ccccc2)C2CCCCC2)nc2ccccc21. The van der Waals surface area contributed by atoms with Crippen molar-refractivity contribution < 1.29 is 4.79 Å². The molecular weight excluding hydrogens is 378 g/mol. The van der Waals surface area contributed by atoms with Crippen molar-refractivity contribution in [2.75, 3.05) is 10.7 Å². The molecule has 29 heavy (non-hydrogen) atoms. The lowest BCUT2D eigenvalue weighted by molar-refractivity contribution is -0.116. The maximum Gasteiger partial charge on any atom is 0.237 e. The zero-order valence-corrected chi connectivity index (χ0v) is 17.5. The highest BCUT2D eigenvalue weighted by molar-refractivity contribution is 7.99. The molecule has 0 N–H and O–H groups in total. The summed E-state index contributed by atoms with van der Waals surface area (Å²) in [6.07, 6.45) is 7.71. The van der Waals surface area contributed by atoms with Gasteiger partial charge >= 0.3 is 0 Å². The summed E-state index contributed by atoms with van der Waals surface area (Å²) in [6.45, 7) is 4.56. The number of rotatable bonds is 7. The molecule has 1 aliphatic carbocycles. The summed E-state index contributed by atoms with van der Waals surface area (Å²) in [5, 5.41) is 0.871. The minimum Gasteiger partial charge on any atom is -0.315 e. The van der Waals surface area contributed by atoms with E-state index in [1.807, 2.05) is 59.5 Å². The fourth-order valence-corrected chi connectivity index (χ4v) is 5.03. The average molecular weight is 406 g/mol. The van der Waals surface area contributed by atoms with Crippen molar-refractivity contribution in [3.8, 4) is 0 Å². The van der Waals surface area contributed by atoms with Crippen LogP contribution in [0.15, 0.2) is 72.4 Å². The van der Waals surface area contributed by atoms with E-state index < -0.39 is 0 Å². The smallest absolute Gasteiger partial charge is 0.237 e. The number of anilines is 1. The number of hydrogen-bond acceptors (Lipinski definition) is 3. The Bertz CT molecular complexity index is 976. The van der Waals surface area contributed by atoms with Gasteiger partial charge in [0.25, 0.3) is 0 Å². The molecule has 2 aromatic carbocycles. The summed E-state index contributed by atoms with van der Waals surface area (Å²) in [5.74, 6) is 0.539. The molecular formula is C24H27N3OS. The van der Waals surface area contributed by atoms with Gasteiger partial charge in [0.15, 0.2) is 5.16 Å². The monoisotopic (exact) mass is 405 g/mol. The normalized spacial score (nSPS) is 14.8. The van der Waals surface area contributed by atoms with Gasteiger partial charge in [0, 0.05) is 18.3 Å². The molecule has 1 heterocycles. The highest BCUT2D eigenvalue weighted by atomic mass is 32.2. The Kier molecular flexibility index (Phi) is 6.35. The Labute approximate surface area is 176 Å². The van der Waals surface area contributed by atoms with E-state index in [0.29, 0.717) is 18.3 Å². The first-order valence-corrected chi connectivity index (χ1v) is 11.3. The van der Waals surface area contributed by atoms with Gasteiger partial charge < -0.3 is 9.47 Å². The maximum absolute atomic E-state index is 13.3. The molecule has 1 aliphatic rings. The van der Waals surface area contributed by atoms with E-state index >= 15 is 0 Å². The predicted molar refractivity (Wildman–Crippen MR) is 121 cm³/mol. The lowest BCUT2D eigenvalue weighted by atomic mass is 9.93. The molecule has 1 amide bonds. The molecule has 0 radical (unpaired) electrons. The summed E-state index contributed by atoms with van der Waals surface area (Å²) in [7, 11) is 0. The van der Waals surface area contributed by atoms with Gasteiger partial charge in [0.1, 0.15) is 0 Å². The first-order valence-electron chi connectivity index (χ1n) is 10.3. The van der Waals surface area contributed by atoms with Crippen LogP contribution in [-0.2, 0) is 11.3 Å². The molecule has 0 saturated heterocycles. The number of fused-ring (bicyclic) bond motifs is 1. The molecule has 0 unspecified atom stereocenters. The van der Waals surface area contributed by atoms with Crippen LogP contribution in [0.2, 0.25) is 0 Å². The summed E-state index contributed by atoms with van der Waals surface area (Å²) >= 11 is 1.52. The quantitative estimate of drug-likeness (QED) is 0.375. The van der Waals surface area contributed by atoms with Crippen LogP contribution in [0.3, 0.4) is 0 Å². The Morgan fingerprint density at radius 3 is 2.59 bits per heavy atom. The number of allylic oxidation sites excluding steroid dienone is 1. The van der Waals surface area contributed by atoms with Gasteiger partial charge in [-0.15, -0.1) is 6.58 Å². The lowest BCUT2D eigenvalue weighted by Crippen LogP contribution is -2.42. The summed E-state index contributed by atoms with van der Waals surface area (Å²) in [5.41, 5.74) is 3.04. The van der Waals surface area contributed by atoms with E-state index in [4.69, 9.17) is 4.98 Å². The number of benzene rings is 2. The second-order valence-electron chi connectivity index (χ2n) is 7.46. The van der Waals surface area contributed by atoms with E-state index in [9.17, 15) is 4.79 Å². The van der Waals surface area contributed by atoms with Crippen LogP contribution < -0.4 is 4.90 Å². The number of aromatic nitrogens is 2. The molecule has 4 nitrogen and oxygen atoms in total. The third-order valence-electron chi connectivity index (χ3n) is 5.50. The highest BCUT2D eigenvalue weighted by Gasteiger charge is 2.27. The van der Waals surface area contributed by atoms with Crippen LogP contribution in [0.4, 0.5) is 5.69 Å². The molecule has 3 aromatic rings. The van der Waals surface area contributed by atoms with Crippen molar-refractivity contribution in [1.82, 2.24) is 9.55 Å². The van der Waals surface area contributed by atoms with Gasteiger partial charge in [0.05, 0.1) is 16.8 Å². The van der Waals surface area contributed by atoms with Crippen molar-refractivity contribution in [1.29, 1.82) is 0 Å². The molecule has 1 fully saturated rings. The third-order valence-corrected chi connectivity index (χ3v) is 6.46. The van der Waals surface area contributed by atoms with Crippen molar-refractivity contribution in [3.05, 3.63) is 67.3 Å². The van der Waals surface area contributed by atoms with Crippen molar-refractivity contribution in [3.63, 3.8) is 0 Å². The number of carbonyl (C=O) groups is 1. The van der Waals surface area contributed by atoms with E-state index in [-0.39, 0.29) is 5.91 Å². The van der Waals surface area contributed by atoms with Crippen LogP contribution in [0.1, 0.15) is 32.1 Å². The van der Waals surface area contributed by atoms with Crippen LogP contribution in [0, 0.1) is 0 Å². The molecule has 4 rings (SSSR count). The third kappa shape index (κ3) is 4.40. The number of para-hydroxylation sites is 3. The van der Waals surface area contributed by atoms with E-state index in [2.05, 4.69) is 17.2 Å². The highest BCUT2D eigenvalue weighted by Crippen LogP contribution is 2.30. The van der Waals surface area contributed by atoms with Gasteiger partial charge in [0.2, 0.25) is 5.91 Å². The number of nitrogens with zero attached hydrogens (tertiary/aromatic N) is 3. The zero-order valence-electron chi connectivity index (χ0n) is 16.7. The molecule has 0 spiro atoms. The topological polar surface area (TPSA) is 38.1 Å². The van der Waals surface area contributed by atoms with Crippen LogP contribution >= 0.6 is 11.8 Å². The van der Waals surface area contributed by atoms with Crippen molar-refractivity contribution >= 4 is 34.4 Å². The summed E-state index contributed by atoms with van der Waals surface area (Å²) in [4.78, 5) is 20.1. The van der Waals surface area contributed by atoms with Crippen LogP contribution in [0.25, 0.3) is 11.0 Å². The molecule has 150 valence electrons. The largest absolute Gasteiger partial charge is 0.315 e. The minimum absolute atomic E-state index is 0.158. The van der Waals surface area contributed by atoms with E-state index in [0.717, 1.165) is 34.7 Å². The Hall–Kier alpha value is -2.53. The number of amides is 1. The number of imidazole rings is 1. The van der Waals surface area contributed by atoms with Gasteiger partial charge in [-0.1, -0.05) is 67.4 Å². The summed E-state index contributed by atoms with van der Waals surface area (Å²) in [6, 6.07) is 18.5. The Morgan fingerprint density at radius 1 is 1.10 bits per heavy atom. The molecule has 0 atom stereocenters. The standard InChI is InChI=1S/C24H27N3OS/c1-2-17-26-22-16-10-9-15-21(22)25-24(26)29-18-23(28)27(19-11-5-3-6-12-19)20-13-7-4-8-14-20/h2-3,5-6,9-12,15-16,20H,1,4,7-8,13-14,17-18H2. The molecule has 0 aliphatic heterocycles. The Balaban J connectivity index is 1.56. The van der Waals surface area contributed by atoms with Gasteiger partial charge in [-0.3, -0.25) is 4.79 Å². The van der Waals surface area contributed by atoms with Gasteiger partial charge in [-0.2, -0.15) is 0 Å². The molecule has 1 saturated carbocycles. The van der Waals surface area contributed by atoms with Crippen molar-refractivity contribution in [2.24, 2.45) is 0 Å². The van der Waals surface area contributed by atoms with Gasteiger partial charge in [-0.25, -0.2) is 4.98 Å². The van der Waals surface area contributed by atoms with E-state index in [1.54, 1.807) is 0 Å². The minimum atomic E-state index is 0.158.